The van der Waals surface area contributed by atoms with Gasteiger partial charge < -0.3 is 28.8 Å². The van der Waals surface area contributed by atoms with Crippen LogP contribution in [0.4, 0.5) is 0 Å². The Bertz CT molecular complexity index is 1220. The van der Waals surface area contributed by atoms with Crippen molar-refractivity contribution in [2.75, 3.05) is 40.9 Å². The van der Waals surface area contributed by atoms with Crippen LogP contribution in [0.25, 0.3) is 0 Å². The molecule has 0 aromatic rings. The van der Waals surface area contributed by atoms with Crippen LogP contribution in [0.5, 0.6) is 0 Å². The van der Waals surface area contributed by atoms with Crippen molar-refractivity contribution in [1.82, 2.24) is 5.32 Å². The molecular weight excluding hydrogens is 972 g/mol. The predicted molar refractivity (Wildman–Crippen MR) is 335 cm³/mol. The van der Waals surface area contributed by atoms with E-state index < -0.39 is 20.0 Å². The van der Waals surface area contributed by atoms with Gasteiger partial charge in [-0.1, -0.05) is 361 Å². The molecule has 0 saturated heterocycles. The fourth-order valence-electron chi connectivity index (χ4n) is 11.2. The Morgan fingerprint density at radius 1 is 0.403 bits per heavy atom. The summed E-state index contributed by atoms with van der Waals surface area (Å²) in [4.78, 5) is 25.6. The number of quaternary nitrogens is 1. The van der Waals surface area contributed by atoms with E-state index in [0.717, 1.165) is 38.5 Å². The number of unbranched alkanes of at least 4 members (excludes halogenated alkanes) is 53. The van der Waals surface area contributed by atoms with Crippen LogP contribution in [0, 0.1) is 0 Å². The molecule has 0 bridgehead atoms. The Morgan fingerprint density at radius 3 is 0.883 bits per heavy atom. The monoisotopic (exact) mass is 1110 g/mol. The smallest absolute Gasteiger partial charge is 0.268 e. The number of aliphatic hydroxyl groups is 1. The van der Waals surface area contributed by atoms with Gasteiger partial charge in [0.05, 0.1) is 39.9 Å². The molecule has 0 aromatic heterocycles. The summed E-state index contributed by atoms with van der Waals surface area (Å²) >= 11 is 0. The van der Waals surface area contributed by atoms with Crippen LogP contribution in [-0.2, 0) is 18.4 Å². The van der Waals surface area contributed by atoms with E-state index in [9.17, 15) is 19.4 Å². The maximum atomic E-state index is 13.0. The number of rotatable bonds is 66. The Balaban J connectivity index is 3.77. The van der Waals surface area contributed by atoms with Gasteiger partial charge in [-0.15, -0.1) is 0 Å². The molecule has 0 aliphatic rings. The number of aliphatic hydroxyl groups excluding tert-OH is 1. The summed E-state index contributed by atoms with van der Waals surface area (Å²) < 4.78 is 23.4. The van der Waals surface area contributed by atoms with Crippen molar-refractivity contribution in [3.05, 3.63) is 0 Å². The summed E-state index contributed by atoms with van der Waals surface area (Å²) in [6.45, 7) is 4.78. The van der Waals surface area contributed by atoms with Gasteiger partial charge in [0, 0.05) is 6.42 Å². The lowest BCUT2D eigenvalue weighted by molar-refractivity contribution is -0.870. The third-order valence-corrected chi connectivity index (χ3v) is 17.6. The molecule has 8 nitrogen and oxygen atoms in total. The van der Waals surface area contributed by atoms with E-state index in [1.54, 1.807) is 0 Å². The fraction of sp³-hybridized carbons (Fsp3) is 0.985. The van der Waals surface area contributed by atoms with Gasteiger partial charge in [-0.05, 0) is 12.8 Å². The maximum absolute atomic E-state index is 13.0. The number of nitrogens with one attached hydrogen (secondary N) is 1. The normalized spacial score (nSPS) is 13.6. The SMILES string of the molecule is CCCCCCCCCCCCCCCCCCCCCCCCCCCCCCCCCCCCCCCCCCCC(=O)NC(COP(=O)([O-])OCC[N+](C)(C)C)C(O)CCCCCCCCCCCCCCCC. The number of amides is 1. The lowest BCUT2D eigenvalue weighted by Gasteiger charge is -2.30. The number of nitrogens with zero attached hydrogens (tertiary/aromatic N) is 1. The number of carbonyl (C=O) groups is 1. The summed E-state index contributed by atoms with van der Waals surface area (Å²) in [5, 5.41) is 14.0. The quantitative estimate of drug-likeness (QED) is 0.0357. The molecule has 0 aliphatic carbocycles. The molecule has 0 heterocycles. The zero-order valence-corrected chi connectivity index (χ0v) is 53.9. The zero-order chi connectivity index (χ0) is 56.3. The topological polar surface area (TPSA) is 108 Å². The van der Waals surface area contributed by atoms with Gasteiger partial charge in [0.1, 0.15) is 13.2 Å². The van der Waals surface area contributed by atoms with Crippen LogP contribution >= 0.6 is 7.82 Å². The Hall–Kier alpha value is -0.500. The Labute approximate surface area is 482 Å². The molecule has 0 aliphatic heterocycles. The molecule has 0 spiro atoms. The summed E-state index contributed by atoms with van der Waals surface area (Å²) in [5.74, 6) is -0.156. The second-order valence-electron chi connectivity index (χ2n) is 25.6. The highest BCUT2D eigenvalue weighted by Crippen LogP contribution is 2.38. The van der Waals surface area contributed by atoms with Crippen LogP contribution in [0.2, 0.25) is 0 Å². The highest BCUT2D eigenvalue weighted by atomic mass is 31.2. The Morgan fingerprint density at radius 2 is 0.636 bits per heavy atom. The molecule has 77 heavy (non-hydrogen) atoms. The van der Waals surface area contributed by atoms with E-state index in [-0.39, 0.29) is 19.1 Å². The minimum absolute atomic E-state index is 0.0166. The largest absolute Gasteiger partial charge is 0.756 e. The van der Waals surface area contributed by atoms with Crippen molar-refractivity contribution >= 4 is 13.7 Å². The molecule has 0 radical (unpaired) electrons. The summed E-state index contributed by atoms with van der Waals surface area (Å²) in [6, 6.07) is -0.795. The second kappa shape index (κ2) is 60.1. The second-order valence-corrected chi connectivity index (χ2v) is 27.0. The molecule has 0 saturated carbocycles. The van der Waals surface area contributed by atoms with Gasteiger partial charge in [0.2, 0.25) is 5.91 Å². The molecule has 3 atom stereocenters. The molecule has 1 amide bonds. The number of likely N-dealkylation sites (N-methyl/N-ethyl adjacent to an activating group) is 1. The molecular formula is C68H139N2O6P. The van der Waals surface area contributed by atoms with Crippen LogP contribution in [0.3, 0.4) is 0 Å². The number of phosphoric ester groups is 1. The number of hydrogen-bond acceptors (Lipinski definition) is 6. The summed E-state index contributed by atoms with van der Waals surface area (Å²) in [5.41, 5.74) is 0. The van der Waals surface area contributed by atoms with Crippen molar-refractivity contribution in [1.29, 1.82) is 0 Å². The molecule has 2 N–H and O–H groups in total. The third kappa shape index (κ3) is 62.9. The first-order chi connectivity index (χ1) is 37.5. The van der Waals surface area contributed by atoms with Crippen molar-refractivity contribution in [3.8, 4) is 0 Å². The molecule has 9 heteroatoms. The van der Waals surface area contributed by atoms with Gasteiger partial charge >= 0.3 is 0 Å². The Kier molecular flexibility index (Phi) is 59.7. The van der Waals surface area contributed by atoms with E-state index in [1.165, 1.54) is 315 Å². The van der Waals surface area contributed by atoms with Crippen LogP contribution in [0.15, 0.2) is 0 Å². The van der Waals surface area contributed by atoms with Crippen LogP contribution < -0.4 is 10.2 Å². The average molecular weight is 1110 g/mol. The van der Waals surface area contributed by atoms with Gasteiger partial charge in [0.15, 0.2) is 0 Å². The van der Waals surface area contributed by atoms with E-state index in [2.05, 4.69) is 19.2 Å². The lowest BCUT2D eigenvalue weighted by Crippen LogP contribution is -2.46. The summed E-state index contributed by atoms with van der Waals surface area (Å²) in [7, 11) is 1.33. The van der Waals surface area contributed by atoms with Crippen LogP contribution in [0.1, 0.15) is 380 Å². The first kappa shape index (κ1) is 76.5. The first-order valence-electron chi connectivity index (χ1n) is 34.9. The van der Waals surface area contributed by atoms with Gasteiger partial charge in [-0.25, -0.2) is 0 Å². The van der Waals surface area contributed by atoms with E-state index in [0.29, 0.717) is 23.9 Å². The van der Waals surface area contributed by atoms with Gasteiger partial charge in [-0.2, -0.15) is 0 Å². The molecule has 0 aromatic carbocycles. The van der Waals surface area contributed by atoms with E-state index in [1.807, 2.05) is 21.1 Å². The van der Waals surface area contributed by atoms with Gasteiger partial charge in [-0.3, -0.25) is 9.36 Å². The fourth-order valence-corrected chi connectivity index (χ4v) is 11.9. The van der Waals surface area contributed by atoms with Crippen molar-refractivity contribution in [3.63, 3.8) is 0 Å². The number of phosphoric acid groups is 1. The molecule has 0 rings (SSSR count). The average Bonchev–Trinajstić information content (AvgIpc) is 3.39. The minimum atomic E-state index is -4.57. The minimum Gasteiger partial charge on any atom is -0.756 e. The van der Waals surface area contributed by atoms with E-state index in [4.69, 9.17) is 9.05 Å². The molecule has 3 unspecified atom stereocenters. The van der Waals surface area contributed by atoms with Gasteiger partial charge in [0.25, 0.3) is 7.82 Å². The number of carbonyl (C=O) groups excluding carboxylic acids is 1. The van der Waals surface area contributed by atoms with Crippen LogP contribution in [-0.4, -0.2) is 68.5 Å². The summed E-state index contributed by atoms with van der Waals surface area (Å²) in [6.07, 6.45) is 75.0. The molecule has 0 fully saturated rings. The van der Waals surface area contributed by atoms with Crippen molar-refractivity contribution in [2.24, 2.45) is 0 Å². The number of hydrogen-bond donors (Lipinski definition) is 2. The predicted octanol–water partition coefficient (Wildman–Crippen LogP) is 21.3. The maximum Gasteiger partial charge on any atom is 0.268 e. The van der Waals surface area contributed by atoms with Crippen molar-refractivity contribution < 1.29 is 32.9 Å². The molecule has 462 valence electrons. The van der Waals surface area contributed by atoms with Crippen molar-refractivity contribution in [2.45, 2.75) is 392 Å². The first-order valence-corrected chi connectivity index (χ1v) is 36.3. The highest BCUT2D eigenvalue weighted by Gasteiger charge is 2.24. The van der Waals surface area contributed by atoms with E-state index >= 15 is 0 Å². The lowest BCUT2D eigenvalue weighted by atomic mass is 10.0. The highest BCUT2D eigenvalue weighted by molar-refractivity contribution is 7.45. The standard InChI is InChI=1S/C68H139N2O6P/c1-6-8-10-12-14-16-18-20-22-23-24-25-26-27-28-29-30-31-32-33-34-35-36-37-38-39-40-41-42-43-44-45-46-47-48-50-52-54-56-58-60-62-68(72)69-66(65-76-77(73,74)75-64-63-70(3,4)5)67(71)61-59-57-55-53-51-49-21-19-17-15-13-11-9-7-2/h66-67,71H,6-65H2,1-5H3,(H-,69,72,73,74). The third-order valence-electron chi connectivity index (χ3n) is 16.6. The zero-order valence-electron chi connectivity index (χ0n) is 53.0.